The summed E-state index contributed by atoms with van der Waals surface area (Å²) in [7, 11) is -3.94. The van der Waals surface area contributed by atoms with Gasteiger partial charge in [0.1, 0.15) is 7.05 Å². The Hall–Kier alpha value is -1.53. The lowest BCUT2D eigenvalue weighted by Gasteiger charge is -1.99. The summed E-state index contributed by atoms with van der Waals surface area (Å²) in [5.41, 5.74) is 2.60. The van der Waals surface area contributed by atoms with Crippen LogP contribution in [0.4, 0.5) is 17.3 Å². The van der Waals surface area contributed by atoms with Crippen LogP contribution in [0.1, 0.15) is 18.1 Å². The van der Waals surface area contributed by atoms with Gasteiger partial charge < -0.3 is 22.0 Å². The predicted molar refractivity (Wildman–Crippen MR) is 62.3 cm³/mol. The van der Waals surface area contributed by atoms with E-state index in [1.54, 1.807) is 0 Å². The molecule has 0 amide bonds. The number of ether oxygens (including phenoxy) is 1. The van der Waals surface area contributed by atoms with E-state index in [2.05, 4.69) is 35.9 Å². The Balaban J connectivity index is 0.000000280. The minimum absolute atomic E-state index is 0.730. The number of hydrogen-bond acceptors (Lipinski definition) is 1. The molecule has 1 heterocycles. The van der Waals surface area contributed by atoms with E-state index in [9.17, 15) is 17.3 Å². The van der Waals surface area contributed by atoms with Crippen molar-refractivity contribution >= 4 is 13.2 Å². The molecule has 2 nitrogen and oxygen atoms in total. The molecule has 100 valence electrons. The maximum atomic E-state index is 9.75. The summed E-state index contributed by atoms with van der Waals surface area (Å²) in [6.07, 6.45) is 0. The van der Waals surface area contributed by atoms with Crippen LogP contribution in [0.25, 0.3) is 0 Å². The minimum Gasteiger partial charge on any atom is -0.445 e. The van der Waals surface area contributed by atoms with Crippen LogP contribution in [0.2, 0.25) is 0 Å². The Labute approximate surface area is 103 Å². The van der Waals surface area contributed by atoms with E-state index in [0.717, 1.165) is 19.0 Å². The molecule has 0 N–H and O–H groups in total. The number of nitrogens with zero attached hydrogens (tertiary/aromatic N) is 1. The highest BCUT2D eigenvalue weighted by Crippen LogP contribution is 2.17. The fourth-order valence-electron chi connectivity index (χ4n) is 1.72. The average molecular weight is 263 g/mol. The molecule has 0 aliphatic carbocycles. The topological polar surface area (TPSA) is 12.2 Å². The van der Waals surface area contributed by atoms with Crippen LogP contribution in [0.15, 0.2) is 24.3 Å². The minimum atomic E-state index is -6.00. The lowest BCUT2D eigenvalue weighted by atomic mass is 10.1. The Morgan fingerprint density at radius 2 is 1.78 bits per heavy atom. The second kappa shape index (κ2) is 5.88. The number of benzene rings is 1. The third kappa shape index (κ3) is 4.39. The molecule has 1 aromatic carbocycles. The first kappa shape index (κ1) is 14.5. The molecule has 0 bridgehead atoms. The number of rotatable bonds is 1. The van der Waals surface area contributed by atoms with Crippen LogP contribution in [-0.2, 0) is 11.3 Å². The molecule has 1 aliphatic rings. The van der Waals surface area contributed by atoms with E-state index >= 15 is 0 Å². The summed E-state index contributed by atoms with van der Waals surface area (Å²) in [6.45, 7) is 3.71. The van der Waals surface area contributed by atoms with Crippen LogP contribution in [0.3, 0.4) is 0 Å². The number of fused-ring (bicyclic) bond motifs is 1. The SMILES string of the molecule is CCOC1=[N+](C)Cc2ccccc21.F[B-](F)(F)F. The van der Waals surface area contributed by atoms with Gasteiger partial charge in [0.15, 0.2) is 6.54 Å². The van der Waals surface area contributed by atoms with Crippen LogP contribution in [0.5, 0.6) is 0 Å². The quantitative estimate of drug-likeness (QED) is 0.431. The van der Waals surface area contributed by atoms with E-state index in [1.807, 2.05) is 6.92 Å². The average Bonchev–Trinajstić information content (AvgIpc) is 2.54. The van der Waals surface area contributed by atoms with Gasteiger partial charge in [-0.25, -0.2) is 0 Å². The van der Waals surface area contributed by atoms with E-state index in [4.69, 9.17) is 4.74 Å². The van der Waals surface area contributed by atoms with Crippen molar-refractivity contribution in [3.05, 3.63) is 35.4 Å². The summed E-state index contributed by atoms with van der Waals surface area (Å²) < 4.78 is 46.7. The van der Waals surface area contributed by atoms with Crippen LogP contribution >= 0.6 is 0 Å². The molecule has 0 unspecified atom stereocenters. The summed E-state index contributed by atoms with van der Waals surface area (Å²) in [4.78, 5) is 0. The van der Waals surface area contributed by atoms with Crippen molar-refractivity contribution in [1.82, 2.24) is 0 Å². The zero-order valence-corrected chi connectivity index (χ0v) is 10.2. The van der Waals surface area contributed by atoms with Gasteiger partial charge in [-0.1, -0.05) is 18.2 Å². The second-order valence-electron chi connectivity index (χ2n) is 3.75. The largest absolute Gasteiger partial charge is 0.673 e. The van der Waals surface area contributed by atoms with Gasteiger partial charge in [0.25, 0.3) is 0 Å². The van der Waals surface area contributed by atoms with Gasteiger partial charge in [-0.3, -0.25) is 0 Å². The van der Waals surface area contributed by atoms with Gasteiger partial charge >= 0.3 is 13.2 Å². The normalized spacial score (nSPS) is 13.9. The lowest BCUT2D eigenvalue weighted by molar-refractivity contribution is -0.516. The van der Waals surface area contributed by atoms with Gasteiger partial charge in [-0.05, 0) is 13.0 Å². The molecular weight excluding hydrogens is 249 g/mol. The Bertz CT molecular complexity index is 439. The highest BCUT2D eigenvalue weighted by molar-refractivity contribution is 6.50. The third-order valence-corrected chi connectivity index (χ3v) is 2.28. The molecule has 0 radical (unpaired) electrons. The van der Waals surface area contributed by atoms with Crippen LogP contribution in [-0.4, -0.2) is 31.4 Å². The molecule has 18 heavy (non-hydrogen) atoms. The molecular formula is C11H14BF4NO. The van der Waals surface area contributed by atoms with Crippen molar-refractivity contribution < 1.29 is 26.6 Å². The van der Waals surface area contributed by atoms with Crippen molar-refractivity contribution in [2.75, 3.05) is 13.7 Å². The molecule has 0 saturated carbocycles. The Kier molecular flexibility index (Phi) is 4.75. The van der Waals surface area contributed by atoms with Gasteiger partial charge in [0.05, 0.1) is 12.2 Å². The summed E-state index contributed by atoms with van der Waals surface area (Å²) in [6, 6.07) is 8.39. The van der Waals surface area contributed by atoms with Crippen LogP contribution in [0, 0.1) is 0 Å². The van der Waals surface area contributed by atoms with Gasteiger partial charge in [-0.2, -0.15) is 4.58 Å². The fourth-order valence-corrected chi connectivity index (χ4v) is 1.72. The maximum Gasteiger partial charge on any atom is 0.673 e. The predicted octanol–water partition coefficient (Wildman–Crippen LogP) is 2.93. The number of halogens is 4. The van der Waals surface area contributed by atoms with Crippen LogP contribution < -0.4 is 0 Å². The highest BCUT2D eigenvalue weighted by atomic mass is 19.5. The molecule has 2 rings (SSSR count). The van der Waals surface area contributed by atoms with Gasteiger partial charge in [0, 0.05) is 5.56 Å². The van der Waals surface area contributed by atoms with Gasteiger partial charge in [-0.15, -0.1) is 0 Å². The third-order valence-electron chi connectivity index (χ3n) is 2.28. The first-order chi connectivity index (χ1) is 8.33. The highest BCUT2D eigenvalue weighted by Gasteiger charge is 2.27. The first-order valence-corrected chi connectivity index (χ1v) is 5.49. The molecule has 1 aliphatic heterocycles. The summed E-state index contributed by atoms with van der Waals surface area (Å²) in [5, 5.41) is 0. The molecule has 1 aromatic rings. The summed E-state index contributed by atoms with van der Waals surface area (Å²) >= 11 is 0. The molecule has 0 spiro atoms. The molecule has 0 fully saturated rings. The number of hydrogen-bond donors (Lipinski definition) is 0. The van der Waals surface area contributed by atoms with Gasteiger partial charge in [0.2, 0.25) is 0 Å². The monoisotopic (exact) mass is 263 g/mol. The molecule has 0 atom stereocenters. The van der Waals surface area contributed by atoms with Crippen molar-refractivity contribution in [1.29, 1.82) is 0 Å². The summed E-state index contributed by atoms with van der Waals surface area (Å²) in [5.74, 6) is 1.01. The van der Waals surface area contributed by atoms with Crippen molar-refractivity contribution in [3.63, 3.8) is 0 Å². The Morgan fingerprint density at radius 1 is 1.22 bits per heavy atom. The zero-order chi connectivity index (χ0) is 13.8. The molecule has 7 heteroatoms. The Morgan fingerprint density at radius 3 is 2.33 bits per heavy atom. The molecule has 0 aromatic heterocycles. The van der Waals surface area contributed by atoms with Crippen molar-refractivity contribution in [2.24, 2.45) is 0 Å². The fraction of sp³-hybridized carbons (Fsp3) is 0.364. The van der Waals surface area contributed by atoms with E-state index in [-0.39, 0.29) is 0 Å². The second-order valence-corrected chi connectivity index (χ2v) is 3.75. The smallest absolute Gasteiger partial charge is 0.445 e. The van der Waals surface area contributed by atoms with E-state index < -0.39 is 7.25 Å². The van der Waals surface area contributed by atoms with Crippen molar-refractivity contribution in [2.45, 2.75) is 13.5 Å². The zero-order valence-electron chi connectivity index (χ0n) is 10.2. The van der Waals surface area contributed by atoms with Crippen molar-refractivity contribution in [3.8, 4) is 0 Å². The van der Waals surface area contributed by atoms with E-state index in [0.29, 0.717) is 0 Å². The van der Waals surface area contributed by atoms with E-state index in [1.165, 1.54) is 11.1 Å². The molecule has 0 saturated heterocycles. The maximum absolute atomic E-state index is 9.75. The standard InChI is InChI=1S/C11H14NO.BF4/c1-3-13-11-10-7-5-4-6-9(10)8-12(11)2;2-1(3,4)5/h4-7H,3,8H2,1-2H3;/q+1;-1. The first-order valence-electron chi connectivity index (χ1n) is 5.49. The lowest BCUT2D eigenvalue weighted by Crippen LogP contribution is -2.14.